The zero-order chi connectivity index (χ0) is 35.8. The molecule has 17 heteroatoms. The summed E-state index contributed by atoms with van der Waals surface area (Å²) < 4.78 is 131. The first-order valence-corrected chi connectivity index (χ1v) is 22.4. The van der Waals surface area contributed by atoms with E-state index in [4.69, 9.17) is 27.4 Å². The van der Waals surface area contributed by atoms with Gasteiger partial charge < -0.3 is 9.11 Å². The third kappa shape index (κ3) is 13.3. The molecule has 0 spiro atoms. The van der Waals surface area contributed by atoms with E-state index in [2.05, 4.69) is 125 Å². The Morgan fingerprint density at radius 2 is 0.596 bits per heavy atom. The van der Waals surface area contributed by atoms with Gasteiger partial charge in [-0.25, -0.2) is 16.8 Å². The average Bonchev–Trinajstić information content (AvgIpc) is 2.95. The van der Waals surface area contributed by atoms with Crippen molar-refractivity contribution >= 4 is 74.6 Å². The van der Waals surface area contributed by atoms with E-state index in [9.17, 15) is 26.3 Å². The van der Waals surface area contributed by atoms with Crippen molar-refractivity contribution in [1.29, 1.82) is 0 Å². The molecule has 0 fully saturated rings. The Labute approximate surface area is 284 Å². The monoisotopic (exact) mass is 938 g/mol. The van der Waals surface area contributed by atoms with Crippen LogP contribution in [-0.4, -0.2) is 76.9 Å². The molecule has 0 aliphatic carbocycles. The summed E-state index contributed by atoms with van der Waals surface area (Å²) >= 11 is -4.46. The second kappa shape index (κ2) is 17.0. The first kappa shape index (κ1) is 41.0. The van der Waals surface area contributed by atoms with Gasteiger partial charge in [-0.1, -0.05) is 0 Å². The topological polar surface area (TPSA) is 124 Å². The fourth-order valence-electron chi connectivity index (χ4n) is 3.14. The zero-order valence-electron chi connectivity index (χ0n) is 25.0. The molecule has 0 heterocycles. The van der Waals surface area contributed by atoms with Gasteiger partial charge in [-0.2, -0.15) is 26.3 Å². The molecule has 0 N–H and O–H groups in total. The Kier molecular flexibility index (Phi) is 14.8. The van der Waals surface area contributed by atoms with E-state index in [-0.39, 0.29) is 0 Å². The van der Waals surface area contributed by atoms with Crippen LogP contribution in [0.3, 0.4) is 0 Å². The van der Waals surface area contributed by atoms with Crippen molar-refractivity contribution in [3.63, 3.8) is 0 Å². The van der Waals surface area contributed by atoms with Crippen LogP contribution in [-0.2, 0) is 21.7 Å². The zero-order valence-corrected chi connectivity index (χ0v) is 31.3. The van der Waals surface area contributed by atoms with Crippen LogP contribution in [0.2, 0.25) is 0 Å². The second-order valence-corrected chi connectivity index (χ2v) is 23.8. The van der Waals surface area contributed by atoms with Crippen molar-refractivity contribution in [3.8, 4) is 0 Å². The van der Waals surface area contributed by atoms with Gasteiger partial charge in [0.25, 0.3) is 0 Å². The van der Waals surface area contributed by atoms with Crippen molar-refractivity contribution in [3.05, 3.63) is 119 Å². The Balaban J connectivity index is 0.000000397. The third-order valence-electron chi connectivity index (χ3n) is 5.64. The van der Waals surface area contributed by atoms with Crippen molar-refractivity contribution < 1.29 is 53.7 Å². The van der Waals surface area contributed by atoms with Crippen LogP contribution < -0.4 is 14.4 Å². The molecule has 0 radical (unpaired) electrons. The maximum atomic E-state index is 10.7. The van der Waals surface area contributed by atoms with Gasteiger partial charge in [0.2, 0.25) is 0 Å². The van der Waals surface area contributed by atoms with E-state index in [0.29, 0.717) is 0 Å². The van der Waals surface area contributed by atoms with Crippen molar-refractivity contribution in [1.82, 2.24) is 0 Å². The van der Waals surface area contributed by atoms with Crippen LogP contribution in [0.5, 0.6) is 0 Å². The Morgan fingerprint density at radius 3 is 0.723 bits per heavy atom. The summed E-state index contributed by atoms with van der Waals surface area (Å²) in [5, 5.41) is 0. The molecule has 4 aromatic rings. The van der Waals surface area contributed by atoms with Gasteiger partial charge in [0, 0.05) is 0 Å². The second-order valence-electron chi connectivity index (χ2n) is 9.66. The van der Waals surface area contributed by atoms with E-state index in [1.54, 1.807) is 0 Å². The van der Waals surface area contributed by atoms with Gasteiger partial charge in [0.15, 0.2) is 20.2 Å². The van der Waals surface area contributed by atoms with Gasteiger partial charge in [-0.15, -0.1) is 0 Å². The van der Waals surface area contributed by atoms with Crippen molar-refractivity contribution in [2.75, 3.05) is 0 Å². The minimum absolute atomic E-state index is 1.29. The SMILES string of the molecule is Cc1ccc([Te+](O[Te+](c2ccc(C)cc2)c2ccc(C)cc2)c2ccc(C)cc2)cc1.O=S(=O)([O-])C(F)(F)F.O=S(=O)([O-])C(F)(F)F. The first-order valence-electron chi connectivity index (χ1n) is 13.0. The van der Waals surface area contributed by atoms with Crippen LogP contribution in [0.15, 0.2) is 97.1 Å². The maximum absolute atomic E-state index is 10.7. The molecule has 0 aliphatic rings. The minimum atomic E-state index is -6.09. The van der Waals surface area contributed by atoms with Gasteiger partial charge in [-0.05, 0) is 0 Å². The van der Waals surface area contributed by atoms with E-state index >= 15 is 0 Å². The fourth-order valence-corrected chi connectivity index (χ4v) is 19.0. The summed E-state index contributed by atoms with van der Waals surface area (Å²) in [5.41, 5.74) is -6.13. The van der Waals surface area contributed by atoms with Crippen molar-refractivity contribution in [2.45, 2.75) is 38.7 Å². The summed E-state index contributed by atoms with van der Waals surface area (Å²) in [5.74, 6) is 0. The van der Waals surface area contributed by atoms with Gasteiger partial charge >= 0.3 is 214 Å². The Morgan fingerprint density at radius 1 is 0.447 bits per heavy atom. The standard InChI is InChI=1S/C28H28OTe2.2CHF3O3S/c1-21-5-13-25(14-6-21)30(26-15-7-22(2)8-16-26)29-31(27-17-9-23(3)10-18-27)28-19-11-24(4)12-20-28;2*2-1(3,4)8(5,6)7/h5-20H,1-4H3;2*(H,5,6,7)/q+2;;/p-2. The molecule has 0 saturated carbocycles. The Hall–Kier alpha value is -2.18. The summed E-state index contributed by atoms with van der Waals surface area (Å²) in [6, 6.07) is 36.0. The molecule has 0 atom stereocenters. The number of alkyl halides is 6. The molecule has 256 valence electrons. The van der Waals surface area contributed by atoms with Crippen molar-refractivity contribution in [2.24, 2.45) is 0 Å². The molecule has 47 heavy (non-hydrogen) atoms. The molecular formula is C30H28F6O7S2Te2. The minimum Gasteiger partial charge on any atom is -0.741 e. The normalized spacial score (nSPS) is 12.2. The molecule has 0 saturated heterocycles. The molecule has 0 unspecified atom stereocenters. The molecular weight excluding hydrogens is 906 g/mol. The number of hydrogen-bond acceptors (Lipinski definition) is 7. The summed E-state index contributed by atoms with van der Waals surface area (Å²) in [6.45, 7) is 8.59. The van der Waals surface area contributed by atoms with Crippen LogP contribution >= 0.6 is 0 Å². The average molecular weight is 934 g/mol. The molecule has 4 aromatic carbocycles. The third-order valence-corrected chi connectivity index (χ3v) is 20.8. The smallest absolute Gasteiger partial charge is 0.485 e. The molecule has 0 bridgehead atoms. The quantitative estimate of drug-likeness (QED) is 0.124. The van der Waals surface area contributed by atoms with E-state index < -0.39 is 71.2 Å². The van der Waals surface area contributed by atoms with E-state index in [1.807, 2.05) is 0 Å². The first-order chi connectivity index (χ1) is 21.5. The van der Waals surface area contributed by atoms with Gasteiger partial charge in [-0.3, -0.25) is 0 Å². The van der Waals surface area contributed by atoms with Crippen LogP contribution in [0, 0.1) is 27.7 Å². The summed E-state index contributed by atoms with van der Waals surface area (Å²) in [4.78, 5) is 0. The largest absolute Gasteiger partial charge is 0.741 e. The number of aryl methyl sites for hydroxylation is 4. The van der Waals surface area contributed by atoms with Crippen LogP contribution in [0.1, 0.15) is 22.3 Å². The predicted molar refractivity (Wildman–Crippen MR) is 167 cm³/mol. The molecule has 0 aliphatic heterocycles. The Bertz CT molecular complexity index is 1570. The van der Waals surface area contributed by atoms with Gasteiger partial charge in [0.1, 0.15) is 0 Å². The van der Waals surface area contributed by atoms with Crippen LogP contribution in [0.4, 0.5) is 26.3 Å². The summed E-state index contributed by atoms with van der Waals surface area (Å²) in [7, 11) is -12.2. The van der Waals surface area contributed by atoms with E-state index in [1.165, 1.54) is 36.7 Å². The number of rotatable bonds is 6. The summed E-state index contributed by atoms with van der Waals surface area (Å²) in [6.07, 6.45) is 0. The molecule has 7 nitrogen and oxygen atoms in total. The maximum Gasteiger partial charge on any atom is 0.485 e. The number of hydrogen-bond donors (Lipinski definition) is 0. The molecule has 4 rings (SSSR count). The number of benzene rings is 4. The predicted octanol–water partition coefficient (Wildman–Crippen LogP) is 3.95. The fraction of sp³-hybridized carbons (Fsp3) is 0.200. The van der Waals surface area contributed by atoms with Gasteiger partial charge in [0.05, 0.1) is 0 Å². The van der Waals surface area contributed by atoms with Crippen LogP contribution in [0.25, 0.3) is 0 Å². The number of halogens is 6. The molecule has 0 aromatic heterocycles. The molecule has 0 amide bonds. The van der Waals surface area contributed by atoms with E-state index in [0.717, 1.165) is 0 Å².